The van der Waals surface area contributed by atoms with E-state index >= 15 is 0 Å². The first-order chi connectivity index (χ1) is 16.7. The summed E-state index contributed by atoms with van der Waals surface area (Å²) in [6.45, 7) is 10.9. The Bertz CT molecular complexity index is 1160. The van der Waals surface area contributed by atoms with Crippen LogP contribution in [0.3, 0.4) is 0 Å². The van der Waals surface area contributed by atoms with Crippen LogP contribution >= 0.6 is 0 Å². The van der Waals surface area contributed by atoms with Crippen LogP contribution < -0.4 is 5.32 Å². The Morgan fingerprint density at radius 2 is 1.64 bits per heavy atom. The molecule has 1 aliphatic rings. The largest absolute Gasteiger partial charge is 0.480 e. The van der Waals surface area contributed by atoms with Gasteiger partial charge in [-0.15, -0.1) is 0 Å². The lowest BCUT2D eigenvalue weighted by Gasteiger charge is -2.28. The molecule has 1 aromatic carbocycles. The molecule has 2 aromatic rings. The van der Waals surface area contributed by atoms with Gasteiger partial charge in [-0.3, -0.25) is 14.3 Å². The standard InChI is InChI=1S/C26H35N3O7/c1-25(2,3)35-23(33)28-13-9-12-20(28)21(30)27-18(22(31)32)14-16-15-29(24(34)36-26(4,5)6)19-11-8-7-10-17(16)19/h7-8,10-11,15,18,20H,9,12-14H2,1-6H3,(H,27,30)(H,31,32)/t18-,20+/m0/s1. The molecule has 1 fully saturated rings. The van der Waals surface area contributed by atoms with Crippen molar-refractivity contribution in [3.63, 3.8) is 0 Å². The smallest absolute Gasteiger partial charge is 0.419 e. The third-order valence-electron chi connectivity index (χ3n) is 5.61. The Morgan fingerprint density at radius 3 is 2.25 bits per heavy atom. The quantitative estimate of drug-likeness (QED) is 0.635. The van der Waals surface area contributed by atoms with Gasteiger partial charge in [0.1, 0.15) is 23.3 Å². The summed E-state index contributed by atoms with van der Waals surface area (Å²) in [5.74, 6) is -1.78. The van der Waals surface area contributed by atoms with E-state index in [9.17, 15) is 24.3 Å². The number of hydrogen-bond acceptors (Lipinski definition) is 6. The number of fused-ring (bicyclic) bond motifs is 1. The van der Waals surface area contributed by atoms with E-state index in [4.69, 9.17) is 9.47 Å². The van der Waals surface area contributed by atoms with Crippen molar-refractivity contribution >= 4 is 35.0 Å². The molecule has 3 rings (SSSR count). The van der Waals surface area contributed by atoms with Crippen LogP contribution in [0.25, 0.3) is 10.9 Å². The number of benzene rings is 1. The number of nitrogens with zero attached hydrogens (tertiary/aromatic N) is 2. The van der Waals surface area contributed by atoms with Gasteiger partial charge in [0.25, 0.3) is 0 Å². The maximum atomic E-state index is 13.1. The number of hydrogen-bond donors (Lipinski definition) is 2. The summed E-state index contributed by atoms with van der Waals surface area (Å²) in [7, 11) is 0. The van der Waals surface area contributed by atoms with Crippen molar-refractivity contribution in [3.05, 3.63) is 36.0 Å². The molecule has 10 heteroatoms. The number of aromatic nitrogens is 1. The lowest BCUT2D eigenvalue weighted by atomic mass is 10.0. The minimum Gasteiger partial charge on any atom is -0.480 e. The van der Waals surface area contributed by atoms with E-state index in [-0.39, 0.29) is 6.42 Å². The molecule has 36 heavy (non-hydrogen) atoms. The van der Waals surface area contributed by atoms with Gasteiger partial charge in [0, 0.05) is 24.5 Å². The molecule has 0 saturated carbocycles. The van der Waals surface area contributed by atoms with Crippen molar-refractivity contribution in [2.75, 3.05) is 6.54 Å². The van der Waals surface area contributed by atoms with Crippen molar-refractivity contribution in [1.82, 2.24) is 14.8 Å². The molecular weight excluding hydrogens is 466 g/mol. The summed E-state index contributed by atoms with van der Waals surface area (Å²) in [5, 5.41) is 13.1. The first-order valence-electron chi connectivity index (χ1n) is 12.0. The average Bonchev–Trinajstić information content (AvgIpc) is 3.36. The van der Waals surface area contributed by atoms with Gasteiger partial charge >= 0.3 is 18.2 Å². The highest BCUT2D eigenvalue weighted by Gasteiger charge is 2.38. The first kappa shape index (κ1) is 27.0. The zero-order valence-corrected chi connectivity index (χ0v) is 21.7. The van der Waals surface area contributed by atoms with Crippen LogP contribution in [0.5, 0.6) is 0 Å². The third kappa shape index (κ3) is 6.56. The van der Waals surface area contributed by atoms with E-state index < -0.39 is 47.3 Å². The van der Waals surface area contributed by atoms with Gasteiger partial charge in [0.15, 0.2) is 0 Å². The lowest BCUT2D eigenvalue weighted by molar-refractivity contribution is -0.142. The zero-order chi connectivity index (χ0) is 26.8. The van der Waals surface area contributed by atoms with Crippen LogP contribution in [0.1, 0.15) is 59.9 Å². The van der Waals surface area contributed by atoms with Gasteiger partial charge in [0.2, 0.25) is 5.91 Å². The number of ether oxygens (including phenoxy) is 2. The highest BCUT2D eigenvalue weighted by Crippen LogP contribution is 2.25. The predicted octanol–water partition coefficient (Wildman–Crippen LogP) is 3.94. The van der Waals surface area contributed by atoms with Gasteiger partial charge in [0.05, 0.1) is 5.52 Å². The number of carbonyl (C=O) groups is 4. The van der Waals surface area contributed by atoms with E-state index in [1.165, 1.54) is 9.47 Å². The first-order valence-corrected chi connectivity index (χ1v) is 12.0. The molecule has 2 amide bonds. The molecule has 2 N–H and O–H groups in total. The molecule has 0 aliphatic carbocycles. The van der Waals surface area contributed by atoms with Crippen LogP contribution in [0.15, 0.2) is 30.5 Å². The second-order valence-electron chi connectivity index (χ2n) is 11.0. The summed E-state index contributed by atoms with van der Waals surface area (Å²) in [6, 6.07) is 5.01. The number of rotatable bonds is 5. The normalized spacial score (nSPS) is 17.1. The number of carbonyl (C=O) groups excluding carboxylic acids is 3. The SMILES string of the molecule is CC(C)(C)OC(=O)N1CCC[C@@H]1C(=O)N[C@@H](Cc1cn(C(=O)OC(C)(C)C)c2ccccc12)C(=O)O. The fraction of sp³-hybridized carbons (Fsp3) is 0.538. The number of nitrogens with one attached hydrogen (secondary N) is 1. The Kier molecular flexibility index (Phi) is 7.66. The topological polar surface area (TPSA) is 127 Å². The molecule has 1 aromatic heterocycles. The van der Waals surface area contributed by atoms with Crippen LogP contribution in [-0.2, 0) is 25.5 Å². The molecule has 2 atom stereocenters. The van der Waals surface area contributed by atoms with Crippen molar-refractivity contribution in [1.29, 1.82) is 0 Å². The number of likely N-dealkylation sites (tertiary alicyclic amines) is 1. The summed E-state index contributed by atoms with van der Waals surface area (Å²) in [4.78, 5) is 51.8. The van der Waals surface area contributed by atoms with Gasteiger partial charge in [-0.2, -0.15) is 0 Å². The van der Waals surface area contributed by atoms with Crippen molar-refractivity contribution < 1.29 is 33.8 Å². The van der Waals surface area contributed by atoms with Gasteiger partial charge in [-0.05, 0) is 66.0 Å². The van der Waals surface area contributed by atoms with Crippen LogP contribution in [0, 0.1) is 0 Å². The fourth-order valence-electron chi connectivity index (χ4n) is 4.14. The Balaban J connectivity index is 1.81. The van der Waals surface area contributed by atoms with Gasteiger partial charge in [-0.1, -0.05) is 18.2 Å². The van der Waals surface area contributed by atoms with E-state index in [0.29, 0.717) is 35.9 Å². The van der Waals surface area contributed by atoms with E-state index in [0.717, 1.165) is 0 Å². The second-order valence-corrected chi connectivity index (χ2v) is 11.0. The number of amides is 2. The average molecular weight is 502 g/mol. The molecule has 0 spiro atoms. The van der Waals surface area contributed by atoms with E-state index in [1.54, 1.807) is 72.0 Å². The Labute approximate surface area is 210 Å². The number of aliphatic carboxylic acids is 1. The summed E-state index contributed by atoms with van der Waals surface area (Å²) in [6.07, 6.45) is 1.32. The van der Waals surface area contributed by atoms with Crippen molar-refractivity contribution in [3.8, 4) is 0 Å². The number of carboxylic acid groups (broad SMARTS) is 1. The molecule has 1 saturated heterocycles. The summed E-state index contributed by atoms with van der Waals surface area (Å²) >= 11 is 0. The highest BCUT2D eigenvalue weighted by atomic mass is 16.6. The monoisotopic (exact) mass is 501 g/mol. The fourth-order valence-corrected chi connectivity index (χ4v) is 4.14. The van der Waals surface area contributed by atoms with Gasteiger partial charge in [-0.25, -0.2) is 14.4 Å². The molecule has 0 radical (unpaired) electrons. The zero-order valence-electron chi connectivity index (χ0n) is 21.7. The number of para-hydroxylation sites is 1. The molecular formula is C26H35N3O7. The summed E-state index contributed by atoms with van der Waals surface area (Å²) < 4.78 is 12.2. The van der Waals surface area contributed by atoms with Crippen molar-refractivity contribution in [2.45, 2.75) is 84.1 Å². The van der Waals surface area contributed by atoms with E-state index in [1.807, 2.05) is 0 Å². The minimum absolute atomic E-state index is 0.0590. The van der Waals surface area contributed by atoms with Crippen LogP contribution in [0.4, 0.5) is 9.59 Å². The van der Waals surface area contributed by atoms with Crippen LogP contribution in [0.2, 0.25) is 0 Å². The lowest BCUT2D eigenvalue weighted by Crippen LogP contribution is -2.52. The Morgan fingerprint density at radius 1 is 1.03 bits per heavy atom. The maximum absolute atomic E-state index is 13.1. The minimum atomic E-state index is -1.27. The number of carboxylic acids is 1. The molecule has 0 bridgehead atoms. The molecule has 2 heterocycles. The Hall–Kier alpha value is -3.56. The third-order valence-corrected chi connectivity index (χ3v) is 5.61. The second kappa shape index (κ2) is 10.2. The predicted molar refractivity (Wildman–Crippen MR) is 133 cm³/mol. The van der Waals surface area contributed by atoms with Gasteiger partial charge < -0.3 is 19.9 Å². The molecule has 0 unspecified atom stereocenters. The molecule has 1 aliphatic heterocycles. The molecule has 196 valence electrons. The van der Waals surface area contributed by atoms with Crippen LogP contribution in [-0.4, -0.2) is 68.5 Å². The molecule has 10 nitrogen and oxygen atoms in total. The van der Waals surface area contributed by atoms with E-state index in [2.05, 4.69) is 5.32 Å². The van der Waals surface area contributed by atoms with Crippen molar-refractivity contribution in [2.24, 2.45) is 0 Å². The highest BCUT2D eigenvalue weighted by molar-refractivity contribution is 5.93. The maximum Gasteiger partial charge on any atom is 0.419 e. The summed E-state index contributed by atoms with van der Waals surface area (Å²) in [5.41, 5.74) is -0.280.